The number of likely N-dealkylation sites (N-methyl/N-ethyl adjacent to an activating group) is 1. The zero-order valence-electron chi connectivity index (χ0n) is 15.7. The van der Waals surface area contributed by atoms with Gasteiger partial charge in [-0.2, -0.15) is 0 Å². The van der Waals surface area contributed by atoms with Crippen molar-refractivity contribution in [3.63, 3.8) is 0 Å². The van der Waals surface area contributed by atoms with E-state index in [4.69, 9.17) is 0 Å². The van der Waals surface area contributed by atoms with Crippen molar-refractivity contribution in [2.75, 3.05) is 20.1 Å². The number of fused-ring (bicyclic) bond motifs is 5. The Hall–Kier alpha value is -2.43. The molecule has 3 aliphatic heterocycles. The predicted molar refractivity (Wildman–Crippen MR) is 101 cm³/mol. The zero-order valence-corrected chi connectivity index (χ0v) is 15.7. The van der Waals surface area contributed by atoms with Crippen LogP contribution in [0.25, 0.3) is 10.9 Å². The van der Waals surface area contributed by atoms with Crippen LogP contribution in [0.5, 0.6) is 0 Å². The van der Waals surface area contributed by atoms with Crippen molar-refractivity contribution < 1.29 is 9.59 Å². The lowest BCUT2D eigenvalue weighted by Gasteiger charge is -2.32. The molecule has 0 radical (unpaired) electrons. The molecule has 5 heteroatoms. The van der Waals surface area contributed by atoms with Crippen molar-refractivity contribution >= 4 is 22.7 Å². The van der Waals surface area contributed by atoms with E-state index in [2.05, 4.69) is 24.0 Å². The zero-order chi connectivity index (χ0) is 18.4. The molecule has 2 atom stereocenters. The first kappa shape index (κ1) is 17.0. The lowest BCUT2D eigenvalue weighted by molar-refractivity contribution is -0.138. The van der Waals surface area contributed by atoms with Gasteiger partial charge in [0.1, 0.15) is 0 Å². The Morgan fingerprint density at radius 3 is 2.81 bits per heavy atom. The second-order valence-electron chi connectivity index (χ2n) is 7.60. The van der Waals surface area contributed by atoms with E-state index in [0.29, 0.717) is 18.7 Å². The van der Waals surface area contributed by atoms with Crippen LogP contribution in [0.1, 0.15) is 41.4 Å². The summed E-state index contributed by atoms with van der Waals surface area (Å²) in [5.74, 6) is 0.137. The number of nitrogens with zero attached hydrogens (tertiary/aromatic N) is 3. The summed E-state index contributed by atoms with van der Waals surface area (Å²) in [6.07, 6.45) is 2.78. The van der Waals surface area contributed by atoms with E-state index in [1.165, 1.54) is 5.56 Å². The summed E-state index contributed by atoms with van der Waals surface area (Å²) in [6.45, 7) is 5.17. The summed E-state index contributed by atoms with van der Waals surface area (Å²) in [6, 6.07) is 8.18. The fraction of sp³-hybridized carbons (Fsp3) is 0.476. The summed E-state index contributed by atoms with van der Waals surface area (Å²) in [4.78, 5) is 34.2. The minimum absolute atomic E-state index is 0.0220. The first-order chi connectivity index (χ1) is 12.5. The Bertz CT molecular complexity index is 892. The highest BCUT2D eigenvalue weighted by atomic mass is 16.2. The number of carbonyl (C=O) groups is 2. The first-order valence-corrected chi connectivity index (χ1v) is 9.44. The third-order valence-electron chi connectivity index (χ3n) is 5.89. The molecule has 0 spiro atoms. The van der Waals surface area contributed by atoms with Crippen molar-refractivity contribution in [1.82, 2.24) is 14.8 Å². The van der Waals surface area contributed by atoms with Crippen molar-refractivity contribution in [1.29, 1.82) is 0 Å². The highest BCUT2D eigenvalue weighted by Crippen LogP contribution is 2.30. The minimum atomic E-state index is -0.0666. The van der Waals surface area contributed by atoms with Gasteiger partial charge in [0.25, 0.3) is 5.91 Å². The maximum atomic E-state index is 13.4. The Morgan fingerprint density at radius 2 is 2.04 bits per heavy atom. The standard InChI is InChI=1S/C21H25N3O2/c1-4-14-5-8-19-17(10-14)18(9-13(2)22-19)21(26)24-11-15-6-7-16(12-24)23(3)20(15)25/h5,8-10,15-16H,4,6-7,11-12H2,1-3H3/t15-,16+/m1/s1. The number of aryl methyl sites for hydroxylation is 2. The fourth-order valence-corrected chi connectivity index (χ4v) is 4.30. The van der Waals surface area contributed by atoms with Crippen LogP contribution in [0.2, 0.25) is 0 Å². The van der Waals surface area contributed by atoms with Gasteiger partial charge >= 0.3 is 0 Å². The topological polar surface area (TPSA) is 53.5 Å². The Balaban J connectivity index is 1.75. The number of hydrogen-bond donors (Lipinski definition) is 0. The molecule has 5 rings (SSSR count). The van der Waals surface area contributed by atoms with Crippen molar-refractivity contribution in [2.24, 2.45) is 5.92 Å². The molecule has 3 saturated heterocycles. The molecule has 0 unspecified atom stereocenters. The van der Waals surface area contributed by atoms with Gasteiger partial charge < -0.3 is 9.80 Å². The maximum Gasteiger partial charge on any atom is 0.254 e. The Kier molecular flexibility index (Phi) is 4.17. The molecule has 4 heterocycles. The normalized spacial score (nSPS) is 22.8. The molecule has 2 amide bonds. The molecule has 136 valence electrons. The Labute approximate surface area is 154 Å². The fourth-order valence-electron chi connectivity index (χ4n) is 4.30. The third kappa shape index (κ3) is 2.75. The van der Waals surface area contributed by atoms with Crippen LogP contribution >= 0.6 is 0 Å². The van der Waals surface area contributed by atoms with Gasteiger partial charge in [-0.05, 0) is 49.9 Å². The summed E-state index contributed by atoms with van der Waals surface area (Å²) >= 11 is 0. The number of pyridine rings is 1. The van der Waals surface area contributed by atoms with E-state index >= 15 is 0 Å². The van der Waals surface area contributed by atoms with E-state index in [0.717, 1.165) is 35.9 Å². The quantitative estimate of drug-likeness (QED) is 0.836. The van der Waals surface area contributed by atoms with Gasteiger partial charge in [0.05, 0.1) is 17.0 Å². The van der Waals surface area contributed by atoms with Crippen LogP contribution < -0.4 is 0 Å². The van der Waals surface area contributed by atoms with Gasteiger partial charge in [-0.1, -0.05) is 13.0 Å². The molecular formula is C21H25N3O2. The molecule has 3 fully saturated rings. The van der Waals surface area contributed by atoms with Crippen LogP contribution in [-0.4, -0.2) is 52.8 Å². The van der Waals surface area contributed by atoms with Crippen LogP contribution in [0.3, 0.4) is 0 Å². The van der Waals surface area contributed by atoms with Gasteiger partial charge in [-0.15, -0.1) is 0 Å². The largest absolute Gasteiger partial charge is 0.341 e. The van der Waals surface area contributed by atoms with E-state index in [1.807, 2.05) is 35.9 Å². The van der Waals surface area contributed by atoms with Gasteiger partial charge in [0.15, 0.2) is 0 Å². The molecule has 0 saturated carbocycles. The molecule has 2 bridgehead atoms. The average Bonchev–Trinajstić information content (AvgIpc) is 2.93. The summed E-state index contributed by atoms with van der Waals surface area (Å²) in [5, 5.41) is 0.913. The van der Waals surface area contributed by atoms with Gasteiger partial charge in [0.2, 0.25) is 5.91 Å². The number of aromatic nitrogens is 1. The predicted octanol–water partition coefficient (Wildman–Crippen LogP) is 2.80. The monoisotopic (exact) mass is 351 g/mol. The van der Waals surface area contributed by atoms with Crippen molar-refractivity contribution in [2.45, 2.75) is 39.2 Å². The summed E-state index contributed by atoms with van der Waals surface area (Å²) in [7, 11) is 1.87. The number of amides is 2. The van der Waals surface area contributed by atoms with E-state index in [9.17, 15) is 9.59 Å². The Morgan fingerprint density at radius 1 is 1.23 bits per heavy atom. The molecule has 1 aromatic carbocycles. The van der Waals surface area contributed by atoms with Crippen molar-refractivity contribution in [3.8, 4) is 0 Å². The lowest BCUT2D eigenvalue weighted by Crippen LogP contribution is -2.45. The molecule has 3 aliphatic rings. The van der Waals surface area contributed by atoms with Gasteiger partial charge in [-0.25, -0.2) is 0 Å². The van der Waals surface area contributed by atoms with Gasteiger partial charge in [0, 0.05) is 37.3 Å². The number of rotatable bonds is 2. The number of piperidine rings is 1. The summed E-state index contributed by atoms with van der Waals surface area (Å²) < 4.78 is 0. The van der Waals surface area contributed by atoms with Crippen LogP contribution in [-0.2, 0) is 11.2 Å². The van der Waals surface area contributed by atoms with Gasteiger partial charge in [-0.3, -0.25) is 14.6 Å². The molecular weight excluding hydrogens is 326 g/mol. The molecule has 0 N–H and O–H groups in total. The third-order valence-corrected chi connectivity index (χ3v) is 5.89. The highest BCUT2D eigenvalue weighted by Gasteiger charge is 2.40. The first-order valence-electron chi connectivity index (χ1n) is 9.44. The second kappa shape index (κ2) is 6.38. The van der Waals surface area contributed by atoms with E-state index in [1.54, 1.807) is 0 Å². The molecule has 5 nitrogen and oxygen atoms in total. The molecule has 0 aliphatic carbocycles. The highest BCUT2D eigenvalue weighted by molar-refractivity contribution is 6.06. The molecule has 1 aromatic heterocycles. The lowest BCUT2D eigenvalue weighted by atomic mass is 9.95. The smallest absolute Gasteiger partial charge is 0.254 e. The molecule has 26 heavy (non-hydrogen) atoms. The molecule has 2 aromatic rings. The SMILES string of the molecule is CCc1ccc2nc(C)cc(C(=O)N3C[C@H]4CC[C@@H](C3)N(C)C4=O)c2c1. The number of benzene rings is 1. The second-order valence-corrected chi connectivity index (χ2v) is 7.60. The van der Waals surface area contributed by atoms with E-state index in [-0.39, 0.29) is 23.8 Å². The van der Waals surface area contributed by atoms with Crippen LogP contribution in [0, 0.1) is 12.8 Å². The van der Waals surface area contributed by atoms with E-state index < -0.39 is 0 Å². The number of hydrogen-bond acceptors (Lipinski definition) is 3. The number of carbonyl (C=O) groups excluding carboxylic acids is 2. The average molecular weight is 351 g/mol. The van der Waals surface area contributed by atoms with Crippen LogP contribution in [0.15, 0.2) is 24.3 Å². The van der Waals surface area contributed by atoms with Crippen molar-refractivity contribution in [3.05, 3.63) is 41.1 Å². The minimum Gasteiger partial charge on any atom is -0.341 e. The van der Waals surface area contributed by atoms with Crippen LogP contribution in [0.4, 0.5) is 0 Å². The maximum absolute atomic E-state index is 13.4. The summed E-state index contributed by atoms with van der Waals surface area (Å²) in [5.41, 5.74) is 3.61.